The molecule has 0 aliphatic heterocycles. The van der Waals surface area contributed by atoms with Crippen molar-refractivity contribution in [2.24, 2.45) is 0 Å². The summed E-state index contributed by atoms with van der Waals surface area (Å²) in [6.45, 7) is 0.555. The third-order valence-corrected chi connectivity index (χ3v) is 5.24. The van der Waals surface area contributed by atoms with Crippen LogP contribution < -0.4 is 0 Å². The lowest BCUT2D eigenvalue weighted by Crippen LogP contribution is -2.04. The zero-order valence-electron chi connectivity index (χ0n) is 17.0. The summed E-state index contributed by atoms with van der Waals surface area (Å²) in [5.41, 5.74) is 4.31. The molecule has 1 aromatic heterocycles. The first-order chi connectivity index (χ1) is 15.0. The Morgan fingerprint density at radius 3 is 2.13 bits per heavy atom. The van der Waals surface area contributed by atoms with Gasteiger partial charge in [0.1, 0.15) is 5.82 Å². The maximum absolute atomic E-state index is 12.0. The molecule has 0 spiro atoms. The number of methoxy groups -OCH3 is 2. The highest BCUT2D eigenvalue weighted by atomic mass is 35.5. The Labute approximate surface area is 184 Å². The van der Waals surface area contributed by atoms with Crippen molar-refractivity contribution < 1.29 is 19.1 Å². The number of fused-ring (bicyclic) bond motifs is 1. The fourth-order valence-electron chi connectivity index (χ4n) is 3.40. The van der Waals surface area contributed by atoms with E-state index in [4.69, 9.17) is 26.1 Å². The van der Waals surface area contributed by atoms with E-state index in [0.717, 1.165) is 16.6 Å². The molecular weight excluding hydrogens is 416 g/mol. The minimum absolute atomic E-state index is 0.399. The van der Waals surface area contributed by atoms with E-state index in [1.165, 1.54) is 14.2 Å². The van der Waals surface area contributed by atoms with Crippen molar-refractivity contribution in [2.45, 2.75) is 6.54 Å². The SMILES string of the molecule is COC(=O)c1ccc(-c2nc3cc(C(=O)OC)ccc3n2Cc2ccc(Cl)cc2)cc1. The Balaban J connectivity index is 1.84. The number of ether oxygens (including phenoxy) is 2. The van der Waals surface area contributed by atoms with Gasteiger partial charge in [-0.3, -0.25) is 0 Å². The van der Waals surface area contributed by atoms with Crippen LogP contribution in [0.25, 0.3) is 22.4 Å². The normalized spacial score (nSPS) is 10.8. The number of aromatic nitrogens is 2. The van der Waals surface area contributed by atoms with E-state index in [1.807, 2.05) is 42.5 Å². The summed E-state index contributed by atoms with van der Waals surface area (Å²) in [6, 6.07) is 20.0. The number of imidazole rings is 1. The van der Waals surface area contributed by atoms with Crippen LogP contribution >= 0.6 is 11.6 Å². The molecule has 0 aliphatic carbocycles. The van der Waals surface area contributed by atoms with E-state index in [1.54, 1.807) is 24.3 Å². The van der Waals surface area contributed by atoms with Gasteiger partial charge in [-0.1, -0.05) is 35.9 Å². The lowest BCUT2D eigenvalue weighted by molar-refractivity contribution is 0.0592. The third-order valence-electron chi connectivity index (χ3n) is 4.99. The van der Waals surface area contributed by atoms with Gasteiger partial charge in [0.2, 0.25) is 0 Å². The van der Waals surface area contributed by atoms with Crippen LogP contribution in [0.1, 0.15) is 26.3 Å². The highest BCUT2D eigenvalue weighted by Crippen LogP contribution is 2.27. The van der Waals surface area contributed by atoms with Crippen LogP contribution in [0, 0.1) is 0 Å². The molecule has 0 saturated carbocycles. The highest BCUT2D eigenvalue weighted by molar-refractivity contribution is 6.30. The van der Waals surface area contributed by atoms with Gasteiger partial charge >= 0.3 is 11.9 Å². The summed E-state index contributed by atoms with van der Waals surface area (Å²) in [6.07, 6.45) is 0. The van der Waals surface area contributed by atoms with Crippen molar-refractivity contribution in [1.82, 2.24) is 9.55 Å². The van der Waals surface area contributed by atoms with Crippen LogP contribution in [-0.2, 0) is 16.0 Å². The Hall–Kier alpha value is -3.64. The Morgan fingerprint density at radius 1 is 0.871 bits per heavy atom. The summed E-state index contributed by atoms with van der Waals surface area (Å²) >= 11 is 6.03. The maximum atomic E-state index is 12.0. The molecule has 1 heterocycles. The molecule has 0 atom stereocenters. The molecule has 156 valence electrons. The number of esters is 2. The molecule has 31 heavy (non-hydrogen) atoms. The summed E-state index contributed by atoms with van der Waals surface area (Å²) in [5, 5.41) is 0.667. The fourth-order valence-corrected chi connectivity index (χ4v) is 3.53. The van der Waals surface area contributed by atoms with Gasteiger partial charge in [-0.2, -0.15) is 0 Å². The van der Waals surface area contributed by atoms with Gasteiger partial charge in [0.15, 0.2) is 0 Å². The standard InChI is InChI=1S/C24H19ClN2O4/c1-30-23(28)17-7-5-16(6-8-17)22-26-20-13-18(24(29)31-2)9-12-21(20)27(22)14-15-3-10-19(25)11-4-15/h3-13H,14H2,1-2H3. The largest absolute Gasteiger partial charge is 0.465 e. The summed E-state index contributed by atoms with van der Waals surface area (Å²) in [4.78, 5) is 28.5. The van der Waals surface area contributed by atoms with Crippen molar-refractivity contribution in [2.75, 3.05) is 14.2 Å². The van der Waals surface area contributed by atoms with Gasteiger partial charge in [-0.25, -0.2) is 14.6 Å². The lowest BCUT2D eigenvalue weighted by atomic mass is 10.1. The molecule has 0 bridgehead atoms. The predicted molar refractivity (Wildman–Crippen MR) is 118 cm³/mol. The van der Waals surface area contributed by atoms with Crippen molar-refractivity contribution in [3.8, 4) is 11.4 Å². The number of halogens is 1. The Kier molecular flexibility index (Phi) is 5.73. The van der Waals surface area contributed by atoms with Crippen LogP contribution in [0.2, 0.25) is 5.02 Å². The average Bonchev–Trinajstić information content (AvgIpc) is 3.17. The molecule has 0 radical (unpaired) electrons. The molecule has 0 unspecified atom stereocenters. The second kappa shape index (κ2) is 8.62. The lowest BCUT2D eigenvalue weighted by Gasteiger charge is -2.10. The van der Waals surface area contributed by atoms with E-state index in [2.05, 4.69) is 4.57 Å². The Bertz CT molecular complexity index is 1260. The molecule has 0 N–H and O–H groups in total. The monoisotopic (exact) mass is 434 g/mol. The molecule has 7 heteroatoms. The topological polar surface area (TPSA) is 70.4 Å². The van der Waals surface area contributed by atoms with Crippen molar-refractivity contribution >= 4 is 34.6 Å². The van der Waals surface area contributed by atoms with Gasteiger partial charge in [0.25, 0.3) is 0 Å². The van der Waals surface area contributed by atoms with Crippen molar-refractivity contribution in [3.05, 3.63) is 88.4 Å². The summed E-state index contributed by atoms with van der Waals surface area (Å²) in [7, 11) is 2.70. The van der Waals surface area contributed by atoms with Crippen LogP contribution in [0.4, 0.5) is 0 Å². The summed E-state index contributed by atoms with van der Waals surface area (Å²) < 4.78 is 11.7. The van der Waals surface area contributed by atoms with Gasteiger partial charge < -0.3 is 14.0 Å². The van der Waals surface area contributed by atoms with Crippen molar-refractivity contribution in [3.63, 3.8) is 0 Å². The first-order valence-electron chi connectivity index (χ1n) is 9.52. The second-order valence-electron chi connectivity index (χ2n) is 6.91. The number of hydrogen-bond acceptors (Lipinski definition) is 5. The van der Waals surface area contributed by atoms with Gasteiger partial charge in [-0.05, 0) is 48.0 Å². The smallest absolute Gasteiger partial charge is 0.337 e. The van der Waals surface area contributed by atoms with Gasteiger partial charge in [-0.15, -0.1) is 0 Å². The zero-order valence-corrected chi connectivity index (χ0v) is 17.7. The summed E-state index contributed by atoms with van der Waals surface area (Å²) in [5.74, 6) is -0.106. The van der Waals surface area contributed by atoms with Gasteiger partial charge in [0, 0.05) is 17.1 Å². The molecule has 0 amide bonds. The first kappa shape index (κ1) is 20.6. The second-order valence-corrected chi connectivity index (χ2v) is 7.35. The van der Waals surface area contributed by atoms with E-state index < -0.39 is 11.9 Å². The van der Waals surface area contributed by atoms with E-state index in [0.29, 0.717) is 34.0 Å². The average molecular weight is 435 g/mol. The molecule has 4 aromatic rings. The minimum Gasteiger partial charge on any atom is -0.465 e. The number of carbonyl (C=O) groups is 2. The van der Waals surface area contributed by atoms with E-state index in [-0.39, 0.29) is 0 Å². The van der Waals surface area contributed by atoms with E-state index in [9.17, 15) is 9.59 Å². The van der Waals surface area contributed by atoms with Crippen LogP contribution in [0.5, 0.6) is 0 Å². The first-order valence-corrected chi connectivity index (χ1v) is 9.89. The zero-order chi connectivity index (χ0) is 22.0. The molecule has 6 nitrogen and oxygen atoms in total. The molecular formula is C24H19ClN2O4. The molecule has 3 aromatic carbocycles. The molecule has 0 aliphatic rings. The molecule has 0 saturated heterocycles. The minimum atomic E-state index is -0.418. The number of carbonyl (C=O) groups excluding carboxylic acids is 2. The third kappa shape index (κ3) is 4.15. The van der Waals surface area contributed by atoms with Crippen LogP contribution in [-0.4, -0.2) is 35.7 Å². The number of nitrogens with zero attached hydrogens (tertiary/aromatic N) is 2. The molecule has 4 rings (SSSR count). The number of hydrogen-bond donors (Lipinski definition) is 0. The van der Waals surface area contributed by atoms with E-state index >= 15 is 0 Å². The van der Waals surface area contributed by atoms with Crippen molar-refractivity contribution in [1.29, 1.82) is 0 Å². The van der Waals surface area contributed by atoms with Gasteiger partial charge in [0.05, 0.1) is 36.4 Å². The fraction of sp³-hybridized carbons (Fsp3) is 0.125. The maximum Gasteiger partial charge on any atom is 0.337 e. The number of rotatable bonds is 5. The number of benzene rings is 3. The van der Waals surface area contributed by atoms with Crippen LogP contribution in [0.15, 0.2) is 66.7 Å². The molecule has 0 fully saturated rings. The Morgan fingerprint density at radius 2 is 1.48 bits per heavy atom. The van der Waals surface area contributed by atoms with Crippen LogP contribution in [0.3, 0.4) is 0 Å². The highest BCUT2D eigenvalue weighted by Gasteiger charge is 2.16. The quantitative estimate of drug-likeness (QED) is 0.414. The predicted octanol–water partition coefficient (Wildman–Crippen LogP) is 4.98.